The second-order valence-electron chi connectivity index (χ2n) is 5.21. The number of aliphatic carboxylic acids is 1. The van der Waals surface area contributed by atoms with Gasteiger partial charge in [0.2, 0.25) is 5.67 Å². The van der Waals surface area contributed by atoms with Gasteiger partial charge in [-0.3, -0.25) is 4.79 Å². The van der Waals surface area contributed by atoms with E-state index in [9.17, 15) is 14.0 Å². The summed E-state index contributed by atoms with van der Waals surface area (Å²) in [4.78, 5) is 24.5. The Morgan fingerprint density at radius 2 is 2.22 bits per heavy atom. The van der Waals surface area contributed by atoms with E-state index in [1.54, 1.807) is 12.1 Å². The molecule has 1 N–H and O–H groups in total. The lowest BCUT2D eigenvalue weighted by Crippen LogP contribution is -2.38. The molecule has 0 spiro atoms. The Kier molecular flexibility index (Phi) is 4.88. The normalized spacial score (nSPS) is 20.2. The van der Waals surface area contributed by atoms with Crippen LogP contribution in [0.2, 0.25) is 0 Å². The van der Waals surface area contributed by atoms with Crippen LogP contribution < -0.4 is 9.47 Å². The van der Waals surface area contributed by atoms with Crippen LogP contribution in [0.3, 0.4) is 0 Å². The largest absolute Gasteiger partial charge is 0.493 e. The van der Waals surface area contributed by atoms with Crippen LogP contribution in [-0.2, 0) is 4.79 Å². The Hall–Kier alpha value is -2.57. The third-order valence-electron chi connectivity index (χ3n) is 3.66. The van der Waals surface area contributed by atoms with Gasteiger partial charge in [-0.25, -0.2) is 9.18 Å². The van der Waals surface area contributed by atoms with Crippen molar-refractivity contribution in [1.82, 2.24) is 4.90 Å². The Morgan fingerprint density at radius 3 is 2.78 bits per heavy atom. The molecule has 2 rings (SSSR count). The average Bonchev–Trinajstić information content (AvgIpc) is 2.96. The Labute approximate surface area is 133 Å². The van der Waals surface area contributed by atoms with E-state index >= 15 is 0 Å². The molecule has 1 aromatic carbocycles. The minimum atomic E-state index is -2.38. The van der Waals surface area contributed by atoms with Gasteiger partial charge in [-0.2, -0.15) is 0 Å². The molecule has 0 aliphatic carbocycles. The van der Waals surface area contributed by atoms with Crippen molar-refractivity contribution in [3.8, 4) is 11.5 Å². The predicted octanol–water partition coefficient (Wildman–Crippen LogP) is 1.90. The number of carbonyl (C=O) groups excluding carboxylic acids is 1. The molecule has 23 heavy (non-hydrogen) atoms. The molecule has 0 aromatic heterocycles. The zero-order valence-corrected chi connectivity index (χ0v) is 12.8. The second kappa shape index (κ2) is 6.68. The van der Waals surface area contributed by atoms with Gasteiger partial charge in [0.05, 0.1) is 13.7 Å². The van der Waals surface area contributed by atoms with Crippen molar-refractivity contribution in [2.24, 2.45) is 0 Å². The summed E-state index contributed by atoms with van der Waals surface area (Å²) in [7, 11) is 1.44. The molecule has 1 aliphatic rings. The summed E-state index contributed by atoms with van der Waals surface area (Å²) in [5, 5.41) is 8.89. The highest BCUT2D eigenvalue weighted by atomic mass is 19.1. The maximum absolute atomic E-state index is 14.1. The van der Waals surface area contributed by atoms with Crippen LogP contribution in [0.5, 0.6) is 11.5 Å². The summed E-state index contributed by atoms with van der Waals surface area (Å²) >= 11 is 0. The predicted molar refractivity (Wildman–Crippen MR) is 80.7 cm³/mol. The van der Waals surface area contributed by atoms with Crippen molar-refractivity contribution in [2.45, 2.75) is 12.1 Å². The molecule has 7 heteroatoms. The fraction of sp³-hybridized carbons (Fsp3) is 0.375. The number of carbonyl (C=O) groups is 2. The highest BCUT2D eigenvalue weighted by Crippen LogP contribution is 2.31. The fourth-order valence-corrected chi connectivity index (χ4v) is 2.37. The molecule has 0 radical (unpaired) electrons. The molecule has 6 nitrogen and oxygen atoms in total. The standard InChI is InChI=1S/C16H18FNO5/c1-3-8-23-12-5-4-11(9-13(12)22-2)14(19)18-7-6-16(17,10-18)15(20)21/h3-5,9H,1,6-8,10H2,2H3,(H,20,21). The van der Waals surface area contributed by atoms with Crippen LogP contribution in [0.25, 0.3) is 0 Å². The molecule has 0 bridgehead atoms. The van der Waals surface area contributed by atoms with Crippen LogP contribution in [0.15, 0.2) is 30.9 Å². The zero-order chi connectivity index (χ0) is 17.0. The van der Waals surface area contributed by atoms with E-state index in [2.05, 4.69) is 6.58 Å². The van der Waals surface area contributed by atoms with Crippen LogP contribution in [0.4, 0.5) is 4.39 Å². The zero-order valence-electron chi connectivity index (χ0n) is 12.8. The van der Waals surface area contributed by atoms with E-state index in [0.29, 0.717) is 18.1 Å². The second-order valence-corrected chi connectivity index (χ2v) is 5.21. The number of rotatable bonds is 6. The van der Waals surface area contributed by atoms with Gasteiger partial charge in [0, 0.05) is 18.5 Å². The number of hydrogen-bond donors (Lipinski definition) is 1. The number of amides is 1. The number of hydrogen-bond acceptors (Lipinski definition) is 4. The molecule has 1 fully saturated rings. The van der Waals surface area contributed by atoms with Crippen LogP contribution >= 0.6 is 0 Å². The van der Waals surface area contributed by atoms with Gasteiger partial charge in [-0.05, 0) is 18.2 Å². The highest BCUT2D eigenvalue weighted by molar-refractivity contribution is 5.96. The van der Waals surface area contributed by atoms with Gasteiger partial charge in [0.15, 0.2) is 11.5 Å². The molecule has 1 amide bonds. The Morgan fingerprint density at radius 1 is 1.48 bits per heavy atom. The van der Waals surface area contributed by atoms with Crippen molar-refractivity contribution < 1.29 is 28.6 Å². The number of benzene rings is 1. The smallest absolute Gasteiger partial charge is 0.343 e. The van der Waals surface area contributed by atoms with E-state index in [4.69, 9.17) is 14.6 Å². The quantitative estimate of drug-likeness (QED) is 0.809. The number of nitrogens with zero attached hydrogens (tertiary/aromatic N) is 1. The summed E-state index contributed by atoms with van der Waals surface area (Å²) in [6, 6.07) is 4.59. The van der Waals surface area contributed by atoms with Gasteiger partial charge in [-0.15, -0.1) is 0 Å². The third kappa shape index (κ3) is 3.44. The summed E-state index contributed by atoms with van der Waals surface area (Å²) in [6.07, 6.45) is 1.36. The monoisotopic (exact) mass is 323 g/mol. The first-order valence-corrected chi connectivity index (χ1v) is 7.04. The van der Waals surface area contributed by atoms with Gasteiger partial charge in [0.1, 0.15) is 6.61 Å². The van der Waals surface area contributed by atoms with Crippen molar-refractivity contribution in [1.29, 1.82) is 0 Å². The van der Waals surface area contributed by atoms with E-state index in [1.165, 1.54) is 24.1 Å². The van der Waals surface area contributed by atoms with Crippen molar-refractivity contribution in [2.75, 3.05) is 26.8 Å². The van der Waals surface area contributed by atoms with Crippen molar-refractivity contribution in [3.05, 3.63) is 36.4 Å². The first kappa shape index (κ1) is 16.8. The minimum Gasteiger partial charge on any atom is -0.493 e. The molecule has 1 atom stereocenters. The molecule has 124 valence electrons. The number of carboxylic acids is 1. The van der Waals surface area contributed by atoms with Crippen molar-refractivity contribution in [3.63, 3.8) is 0 Å². The number of carboxylic acid groups (broad SMARTS) is 1. The molecular formula is C16H18FNO5. The van der Waals surface area contributed by atoms with Gasteiger partial charge in [-0.1, -0.05) is 12.7 Å². The molecule has 1 aromatic rings. The van der Waals surface area contributed by atoms with Crippen molar-refractivity contribution >= 4 is 11.9 Å². The van der Waals surface area contributed by atoms with Crippen LogP contribution in [-0.4, -0.2) is 54.4 Å². The van der Waals surface area contributed by atoms with Crippen LogP contribution in [0, 0.1) is 0 Å². The molecular weight excluding hydrogens is 305 g/mol. The van der Waals surface area contributed by atoms with E-state index in [0.717, 1.165) is 0 Å². The van der Waals surface area contributed by atoms with E-state index < -0.39 is 24.1 Å². The summed E-state index contributed by atoms with van der Waals surface area (Å²) in [5.74, 6) is -1.17. The number of alkyl halides is 1. The molecule has 1 heterocycles. The molecule has 1 unspecified atom stereocenters. The number of halogens is 1. The Bertz CT molecular complexity index is 633. The third-order valence-corrected chi connectivity index (χ3v) is 3.66. The number of methoxy groups -OCH3 is 1. The molecule has 1 aliphatic heterocycles. The lowest BCUT2D eigenvalue weighted by Gasteiger charge is -2.18. The molecule has 0 saturated carbocycles. The molecule has 1 saturated heterocycles. The van der Waals surface area contributed by atoms with Gasteiger partial charge in [0.25, 0.3) is 5.91 Å². The number of likely N-dealkylation sites (tertiary alicyclic amines) is 1. The lowest BCUT2D eigenvalue weighted by molar-refractivity contribution is -0.149. The minimum absolute atomic E-state index is 0.0542. The van der Waals surface area contributed by atoms with Gasteiger partial charge < -0.3 is 19.5 Å². The fourth-order valence-electron chi connectivity index (χ4n) is 2.37. The maximum atomic E-state index is 14.1. The van der Waals surface area contributed by atoms with Crippen LogP contribution in [0.1, 0.15) is 16.8 Å². The summed E-state index contributed by atoms with van der Waals surface area (Å²) in [5.41, 5.74) is -2.10. The topological polar surface area (TPSA) is 76.1 Å². The first-order chi connectivity index (χ1) is 10.9. The summed E-state index contributed by atoms with van der Waals surface area (Å²) in [6.45, 7) is 3.43. The SMILES string of the molecule is C=CCOc1ccc(C(=O)N2CCC(F)(C(=O)O)C2)cc1OC. The average molecular weight is 323 g/mol. The summed E-state index contributed by atoms with van der Waals surface area (Å²) < 4.78 is 24.6. The lowest BCUT2D eigenvalue weighted by atomic mass is 10.1. The Balaban J connectivity index is 2.17. The van der Waals surface area contributed by atoms with E-state index in [1.807, 2.05) is 0 Å². The van der Waals surface area contributed by atoms with Gasteiger partial charge >= 0.3 is 5.97 Å². The number of ether oxygens (including phenoxy) is 2. The first-order valence-electron chi connectivity index (χ1n) is 7.04. The highest BCUT2D eigenvalue weighted by Gasteiger charge is 2.47. The van der Waals surface area contributed by atoms with E-state index in [-0.39, 0.29) is 18.5 Å². The maximum Gasteiger partial charge on any atom is 0.343 e.